The van der Waals surface area contributed by atoms with Gasteiger partial charge in [0, 0.05) is 44.4 Å². The van der Waals surface area contributed by atoms with Crippen LogP contribution in [0.2, 0.25) is 0 Å². The van der Waals surface area contributed by atoms with Crippen LogP contribution in [-0.4, -0.2) is 47.8 Å². The van der Waals surface area contributed by atoms with E-state index in [0.29, 0.717) is 50.8 Å². The third-order valence-corrected chi connectivity index (χ3v) is 4.74. The fraction of sp³-hybridized carbons (Fsp3) is 0.300. The number of para-hydroxylation sites is 1. The zero-order valence-corrected chi connectivity index (χ0v) is 16.1. The molecule has 5 nitrogen and oxygen atoms in total. The number of nitrogens with zero attached hydrogens (tertiary/aromatic N) is 2. The quantitative estimate of drug-likeness (QED) is 0.789. The van der Waals surface area contributed by atoms with Gasteiger partial charge in [0.2, 0.25) is 5.91 Å². The maximum Gasteiger partial charge on any atom is 0.256 e. The normalized spacial score (nSPS) is 13.8. The highest BCUT2D eigenvalue weighted by Gasteiger charge is 2.26. The summed E-state index contributed by atoms with van der Waals surface area (Å²) in [5, 5.41) is 0. The number of hydrogen-bond donors (Lipinski definition) is 1. The predicted octanol–water partition coefficient (Wildman–Crippen LogP) is 2.89. The van der Waals surface area contributed by atoms with E-state index in [9.17, 15) is 18.4 Å². The van der Waals surface area contributed by atoms with E-state index in [0.717, 1.165) is 17.7 Å². The van der Waals surface area contributed by atoms with Crippen molar-refractivity contribution in [3.8, 4) is 0 Å². The van der Waals surface area contributed by atoms with Gasteiger partial charge in [0.25, 0.3) is 5.91 Å². The van der Waals surface area contributed by atoms with Crippen LogP contribution in [0.15, 0.2) is 42.5 Å². The average Bonchev–Trinajstić information content (AvgIpc) is 2.67. The summed E-state index contributed by atoms with van der Waals surface area (Å²) in [6, 6.07) is 10.3. The van der Waals surface area contributed by atoms with Crippen molar-refractivity contribution in [1.82, 2.24) is 9.80 Å². The lowest BCUT2D eigenvalue weighted by Gasteiger charge is -2.35. The van der Waals surface area contributed by atoms with E-state index in [4.69, 9.17) is 5.73 Å². The Bertz CT molecular complexity index is 855. The van der Waals surface area contributed by atoms with Gasteiger partial charge in [-0.2, -0.15) is 0 Å². The molecule has 2 aromatic rings. The van der Waals surface area contributed by atoms with E-state index >= 15 is 0 Å². The summed E-state index contributed by atoms with van der Waals surface area (Å²) < 4.78 is 26.8. The second kappa shape index (κ2) is 9.50. The Morgan fingerprint density at radius 1 is 0.964 bits per heavy atom. The molecule has 150 valence electrons. The van der Waals surface area contributed by atoms with Crippen LogP contribution in [0.4, 0.5) is 14.5 Å². The van der Waals surface area contributed by atoms with E-state index in [2.05, 4.69) is 0 Å². The second-order valence-corrected chi connectivity index (χ2v) is 6.50. The molecule has 0 aromatic heterocycles. The second-order valence-electron chi connectivity index (χ2n) is 6.50. The average molecular weight is 410 g/mol. The zero-order valence-electron chi connectivity index (χ0n) is 15.2. The number of rotatable bonds is 4. The van der Waals surface area contributed by atoms with Gasteiger partial charge >= 0.3 is 0 Å². The Labute approximate surface area is 168 Å². The lowest BCUT2D eigenvalue weighted by Crippen LogP contribution is -2.50. The molecular weight excluding hydrogens is 388 g/mol. The minimum Gasteiger partial charge on any atom is -0.399 e. The summed E-state index contributed by atoms with van der Waals surface area (Å²) in [7, 11) is 0. The topological polar surface area (TPSA) is 66.6 Å². The van der Waals surface area contributed by atoms with Gasteiger partial charge in [0.15, 0.2) is 0 Å². The zero-order chi connectivity index (χ0) is 19.4. The molecule has 1 fully saturated rings. The van der Waals surface area contributed by atoms with Gasteiger partial charge in [-0.3, -0.25) is 9.59 Å². The number of carbonyl (C=O) groups is 2. The Morgan fingerprint density at radius 2 is 1.61 bits per heavy atom. The molecule has 2 amide bonds. The van der Waals surface area contributed by atoms with Crippen LogP contribution in [0.3, 0.4) is 0 Å². The van der Waals surface area contributed by atoms with Crippen LogP contribution in [-0.2, 0) is 11.2 Å². The molecule has 2 aromatic carbocycles. The highest BCUT2D eigenvalue weighted by Crippen LogP contribution is 2.16. The van der Waals surface area contributed by atoms with Crippen molar-refractivity contribution < 1.29 is 18.4 Å². The minimum atomic E-state index is -0.876. The number of piperazine rings is 1. The van der Waals surface area contributed by atoms with Crippen molar-refractivity contribution in [1.29, 1.82) is 0 Å². The third-order valence-electron chi connectivity index (χ3n) is 4.74. The van der Waals surface area contributed by atoms with E-state index in [1.807, 2.05) is 18.2 Å². The summed E-state index contributed by atoms with van der Waals surface area (Å²) in [6.07, 6.45) is 0.903. The molecule has 28 heavy (non-hydrogen) atoms. The van der Waals surface area contributed by atoms with Crippen LogP contribution in [0.25, 0.3) is 0 Å². The smallest absolute Gasteiger partial charge is 0.256 e. The predicted molar refractivity (Wildman–Crippen MR) is 105 cm³/mol. The third kappa shape index (κ3) is 4.98. The maximum atomic E-state index is 13.8. The lowest BCUT2D eigenvalue weighted by atomic mass is 10.1. The fourth-order valence-corrected chi connectivity index (χ4v) is 3.15. The molecule has 0 unspecified atom stereocenters. The summed E-state index contributed by atoms with van der Waals surface area (Å²) in [5.74, 6) is -2.09. The number of halogens is 3. The number of aryl methyl sites for hydroxylation is 1. The summed E-state index contributed by atoms with van der Waals surface area (Å²) in [5.41, 5.74) is 7.34. The minimum absolute atomic E-state index is 0. The van der Waals surface area contributed by atoms with E-state index in [1.54, 1.807) is 11.0 Å². The van der Waals surface area contributed by atoms with E-state index in [-0.39, 0.29) is 23.9 Å². The van der Waals surface area contributed by atoms with Gasteiger partial charge in [0.05, 0.1) is 5.56 Å². The van der Waals surface area contributed by atoms with E-state index in [1.165, 1.54) is 4.90 Å². The molecular formula is C20H22ClF2N3O2. The first kappa shape index (κ1) is 21.6. The first-order valence-corrected chi connectivity index (χ1v) is 8.81. The van der Waals surface area contributed by atoms with Crippen LogP contribution in [0.5, 0.6) is 0 Å². The number of hydrogen-bond acceptors (Lipinski definition) is 3. The fourth-order valence-electron chi connectivity index (χ4n) is 3.15. The molecule has 1 aliphatic rings. The maximum absolute atomic E-state index is 13.8. The Morgan fingerprint density at radius 3 is 2.25 bits per heavy atom. The molecule has 0 bridgehead atoms. The molecule has 1 heterocycles. The Hall–Kier alpha value is -2.67. The standard InChI is InChI=1S/C20H21F2N3O2.ClH/c21-15-6-7-16(17(22)13-15)20(27)25-11-9-24(10-12-25)19(26)8-5-14-3-1-2-4-18(14)23;/h1-4,6-7,13H,5,8-12,23H2;1H. The summed E-state index contributed by atoms with van der Waals surface area (Å²) in [6.45, 7) is 1.40. The molecule has 1 aliphatic heterocycles. The van der Waals surface area contributed by atoms with Crippen molar-refractivity contribution in [2.45, 2.75) is 12.8 Å². The van der Waals surface area contributed by atoms with Crippen LogP contribution >= 0.6 is 12.4 Å². The van der Waals surface area contributed by atoms with E-state index < -0.39 is 17.5 Å². The lowest BCUT2D eigenvalue weighted by molar-refractivity contribution is -0.132. The highest BCUT2D eigenvalue weighted by molar-refractivity contribution is 5.94. The van der Waals surface area contributed by atoms with Crippen LogP contribution in [0, 0.1) is 11.6 Å². The molecule has 1 saturated heterocycles. The van der Waals surface area contributed by atoms with Crippen molar-refractivity contribution in [2.75, 3.05) is 31.9 Å². The van der Waals surface area contributed by atoms with Crippen molar-refractivity contribution in [2.24, 2.45) is 0 Å². The summed E-state index contributed by atoms with van der Waals surface area (Å²) >= 11 is 0. The molecule has 2 N–H and O–H groups in total. The monoisotopic (exact) mass is 409 g/mol. The van der Waals surface area contributed by atoms with Gasteiger partial charge in [0.1, 0.15) is 11.6 Å². The highest BCUT2D eigenvalue weighted by atomic mass is 35.5. The number of benzene rings is 2. The SMILES string of the molecule is Cl.Nc1ccccc1CCC(=O)N1CCN(C(=O)c2ccc(F)cc2F)CC1. The number of nitrogen functional groups attached to an aromatic ring is 1. The van der Waals surface area contributed by atoms with Gasteiger partial charge in [-0.15, -0.1) is 12.4 Å². The Kier molecular flexibility index (Phi) is 7.34. The number of amides is 2. The molecule has 0 aliphatic carbocycles. The number of anilines is 1. The van der Waals surface area contributed by atoms with Crippen molar-refractivity contribution >= 4 is 29.9 Å². The molecule has 0 atom stereocenters. The molecule has 0 saturated carbocycles. The van der Waals surface area contributed by atoms with Crippen molar-refractivity contribution in [3.63, 3.8) is 0 Å². The number of carbonyl (C=O) groups excluding carboxylic acids is 2. The van der Waals surface area contributed by atoms with Crippen LogP contribution < -0.4 is 5.73 Å². The molecule has 3 rings (SSSR count). The van der Waals surface area contributed by atoms with Gasteiger partial charge in [-0.1, -0.05) is 18.2 Å². The van der Waals surface area contributed by atoms with Gasteiger partial charge in [-0.25, -0.2) is 8.78 Å². The van der Waals surface area contributed by atoms with Gasteiger partial charge < -0.3 is 15.5 Å². The first-order chi connectivity index (χ1) is 13.0. The first-order valence-electron chi connectivity index (χ1n) is 8.81. The van der Waals surface area contributed by atoms with Crippen molar-refractivity contribution in [3.05, 3.63) is 65.2 Å². The summed E-state index contributed by atoms with van der Waals surface area (Å²) in [4.78, 5) is 28.0. The molecule has 0 spiro atoms. The Balaban J connectivity index is 0.00000280. The van der Waals surface area contributed by atoms with Gasteiger partial charge in [-0.05, 0) is 30.2 Å². The van der Waals surface area contributed by atoms with Crippen LogP contribution in [0.1, 0.15) is 22.3 Å². The molecule has 0 radical (unpaired) electrons. The largest absolute Gasteiger partial charge is 0.399 e. The number of nitrogens with two attached hydrogens (primary N) is 1. The molecule has 8 heteroatoms.